The lowest BCUT2D eigenvalue weighted by Crippen LogP contribution is -2.33. The van der Waals surface area contributed by atoms with E-state index >= 15 is 0 Å². The van der Waals surface area contributed by atoms with E-state index in [0.29, 0.717) is 24.2 Å². The number of fused-ring (bicyclic) bond motifs is 2. The van der Waals surface area contributed by atoms with Crippen LogP contribution in [0.1, 0.15) is 85.2 Å². The Morgan fingerprint density at radius 3 is 1.39 bits per heavy atom. The number of carbonyl (C=O) groups is 4. The van der Waals surface area contributed by atoms with Crippen molar-refractivity contribution in [1.82, 2.24) is 0 Å². The number of carbonyl (C=O) groups excluding carboxylic acids is 4. The minimum Gasteiger partial charge on any atom is -0.326 e. The van der Waals surface area contributed by atoms with Crippen LogP contribution in [0.2, 0.25) is 0 Å². The highest BCUT2D eigenvalue weighted by molar-refractivity contribution is 6.20. The quantitative estimate of drug-likeness (QED) is 0.307. The number of hydrogen-bond donors (Lipinski definition) is 2. The van der Waals surface area contributed by atoms with Gasteiger partial charge in [-0.3, -0.25) is 19.2 Å². The first-order chi connectivity index (χ1) is 17.7. The van der Waals surface area contributed by atoms with Crippen LogP contribution in [0, 0.1) is 11.6 Å². The van der Waals surface area contributed by atoms with Gasteiger partial charge >= 0.3 is 0 Å². The molecule has 10 heteroatoms. The summed E-state index contributed by atoms with van der Waals surface area (Å²) in [7, 11) is 0. The van der Waals surface area contributed by atoms with E-state index in [1.54, 1.807) is 12.1 Å². The Morgan fingerprint density at radius 2 is 1.08 bits per heavy atom. The van der Waals surface area contributed by atoms with Crippen molar-refractivity contribution in [2.75, 3.05) is 22.4 Å². The molecule has 0 unspecified atom stereocenters. The number of amides is 2. The zero-order chi connectivity index (χ0) is 28.4. The van der Waals surface area contributed by atoms with E-state index in [9.17, 15) is 28.0 Å². The summed E-state index contributed by atoms with van der Waals surface area (Å²) in [6, 6.07) is 5.52. The lowest BCUT2D eigenvalue weighted by molar-refractivity contribution is -0.118. The van der Waals surface area contributed by atoms with E-state index in [1.807, 2.05) is 27.7 Å². The molecule has 2 aromatic rings. The summed E-state index contributed by atoms with van der Waals surface area (Å²) in [6.07, 6.45) is 0.831. The molecule has 2 N–H and O–H groups in total. The van der Waals surface area contributed by atoms with Crippen LogP contribution < -0.4 is 10.6 Å². The fourth-order valence-electron chi connectivity index (χ4n) is 4.72. The summed E-state index contributed by atoms with van der Waals surface area (Å²) in [5.41, 5.74) is 1.72. The van der Waals surface area contributed by atoms with E-state index in [-0.39, 0.29) is 59.1 Å². The maximum Gasteiger partial charge on any atom is 0.225 e. The van der Waals surface area contributed by atoms with Gasteiger partial charge in [-0.25, -0.2) is 8.78 Å². The van der Waals surface area contributed by atoms with Gasteiger partial charge in [0.1, 0.15) is 11.6 Å². The predicted molar refractivity (Wildman–Crippen MR) is 145 cm³/mol. The van der Waals surface area contributed by atoms with Gasteiger partial charge in [0, 0.05) is 59.6 Å². The zero-order valence-corrected chi connectivity index (χ0v) is 23.2. The lowest BCUT2D eigenvalue weighted by atomic mass is 9.77. The SMILES string of the molecule is CC1(C)CC(=O)Nc2cc(F)c(C(=O)CCCl)cc21.CC1(C)CC(=O)Nc2cc(F)c(C(=O)CCCl)cc21. The van der Waals surface area contributed by atoms with Crippen molar-refractivity contribution in [3.63, 3.8) is 0 Å². The number of ketones is 2. The summed E-state index contributed by atoms with van der Waals surface area (Å²) in [4.78, 5) is 46.7. The molecule has 2 aromatic carbocycles. The van der Waals surface area contributed by atoms with E-state index in [2.05, 4.69) is 10.6 Å². The van der Waals surface area contributed by atoms with E-state index in [0.717, 1.165) is 11.1 Å². The third-order valence-electron chi connectivity index (χ3n) is 6.67. The molecule has 2 heterocycles. The van der Waals surface area contributed by atoms with E-state index in [1.165, 1.54) is 12.1 Å². The molecule has 0 saturated carbocycles. The molecule has 0 spiro atoms. The van der Waals surface area contributed by atoms with Gasteiger partial charge in [-0.1, -0.05) is 27.7 Å². The van der Waals surface area contributed by atoms with Crippen molar-refractivity contribution in [3.05, 3.63) is 58.2 Å². The molecule has 0 bridgehead atoms. The normalized spacial score (nSPS) is 16.7. The molecular weight excluding hydrogens is 537 g/mol. The van der Waals surface area contributed by atoms with Crippen molar-refractivity contribution in [2.45, 2.75) is 64.2 Å². The van der Waals surface area contributed by atoms with Crippen LogP contribution in [-0.4, -0.2) is 35.1 Å². The molecular formula is C28H30Cl2F2N2O4. The van der Waals surface area contributed by atoms with Gasteiger partial charge in [-0.15, -0.1) is 23.2 Å². The fraction of sp³-hybridized carbons (Fsp3) is 0.429. The molecule has 2 amide bonds. The molecule has 0 saturated heterocycles. The maximum atomic E-state index is 13.9. The van der Waals surface area contributed by atoms with Gasteiger partial charge < -0.3 is 10.6 Å². The fourth-order valence-corrected chi connectivity index (χ4v) is 5.07. The first-order valence-corrected chi connectivity index (χ1v) is 13.2. The smallest absolute Gasteiger partial charge is 0.225 e. The van der Waals surface area contributed by atoms with Crippen LogP contribution in [0.4, 0.5) is 20.2 Å². The molecule has 2 aliphatic rings. The van der Waals surface area contributed by atoms with Crippen molar-refractivity contribution >= 4 is 58.0 Å². The Morgan fingerprint density at radius 1 is 0.737 bits per heavy atom. The molecule has 4 rings (SSSR count). The van der Waals surface area contributed by atoms with Crippen LogP contribution in [-0.2, 0) is 20.4 Å². The van der Waals surface area contributed by atoms with E-state index in [4.69, 9.17) is 23.2 Å². The minimum absolute atomic E-state index is 0.0450. The summed E-state index contributed by atoms with van der Waals surface area (Å²) in [6.45, 7) is 7.60. The van der Waals surface area contributed by atoms with Crippen LogP contribution >= 0.6 is 23.2 Å². The molecule has 38 heavy (non-hydrogen) atoms. The number of halogens is 4. The van der Waals surface area contributed by atoms with Crippen molar-refractivity contribution in [3.8, 4) is 0 Å². The number of alkyl halides is 2. The van der Waals surface area contributed by atoms with Gasteiger partial charge in [-0.2, -0.15) is 0 Å². The Labute approximate surface area is 230 Å². The second kappa shape index (κ2) is 11.5. The standard InChI is InChI=1S/2C14H15ClFNO2/c2*1-14(2)7-13(19)17-11-6-10(16)8(5-9(11)14)12(18)3-4-15/h2*5-6H,3-4,7H2,1-2H3,(H,17,19). The lowest BCUT2D eigenvalue weighted by Gasteiger charge is -2.32. The molecule has 0 fully saturated rings. The summed E-state index contributed by atoms with van der Waals surface area (Å²) in [5, 5.41) is 5.28. The Bertz CT molecular complexity index is 1210. The van der Waals surface area contributed by atoms with Crippen molar-refractivity contribution in [1.29, 1.82) is 0 Å². The first-order valence-electron chi connectivity index (χ1n) is 12.2. The summed E-state index contributed by atoms with van der Waals surface area (Å²) >= 11 is 11.0. The molecule has 6 nitrogen and oxygen atoms in total. The average molecular weight is 567 g/mol. The van der Waals surface area contributed by atoms with Crippen LogP contribution in [0.3, 0.4) is 0 Å². The van der Waals surface area contributed by atoms with Crippen LogP contribution in [0.25, 0.3) is 0 Å². The van der Waals surface area contributed by atoms with Gasteiger partial charge in [0.25, 0.3) is 0 Å². The van der Waals surface area contributed by atoms with Crippen molar-refractivity contribution < 1.29 is 28.0 Å². The van der Waals surface area contributed by atoms with Gasteiger partial charge in [0.05, 0.1) is 11.1 Å². The highest BCUT2D eigenvalue weighted by Gasteiger charge is 2.34. The van der Waals surface area contributed by atoms with Crippen molar-refractivity contribution in [2.24, 2.45) is 0 Å². The second-order valence-corrected chi connectivity index (χ2v) is 11.5. The highest BCUT2D eigenvalue weighted by Crippen LogP contribution is 2.39. The zero-order valence-electron chi connectivity index (χ0n) is 21.7. The maximum absolute atomic E-state index is 13.9. The van der Waals surface area contributed by atoms with Gasteiger partial charge in [0.15, 0.2) is 11.6 Å². The third-order valence-corrected chi connectivity index (χ3v) is 7.05. The molecule has 204 valence electrons. The largest absolute Gasteiger partial charge is 0.326 e. The summed E-state index contributed by atoms with van der Waals surface area (Å²) < 4.78 is 27.8. The number of rotatable bonds is 6. The number of anilines is 2. The van der Waals surface area contributed by atoms with E-state index < -0.39 is 22.5 Å². The molecule has 0 aliphatic carbocycles. The monoisotopic (exact) mass is 566 g/mol. The third kappa shape index (κ3) is 6.41. The van der Waals surface area contributed by atoms with Crippen LogP contribution in [0.15, 0.2) is 24.3 Å². The Balaban J connectivity index is 0.000000211. The molecule has 0 radical (unpaired) electrons. The first kappa shape index (κ1) is 29.7. The predicted octanol–water partition coefficient (Wildman–Crippen LogP) is 6.51. The van der Waals surface area contributed by atoms with Gasteiger partial charge in [-0.05, 0) is 35.4 Å². The number of Topliss-reactive ketones (excluding diaryl/α,β-unsaturated/α-hetero) is 2. The average Bonchev–Trinajstić information content (AvgIpc) is 2.77. The van der Waals surface area contributed by atoms with Crippen LogP contribution in [0.5, 0.6) is 0 Å². The van der Waals surface area contributed by atoms with Gasteiger partial charge in [0.2, 0.25) is 11.8 Å². The Hall–Kier alpha value is -2.84. The molecule has 0 aromatic heterocycles. The second-order valence-electron chi connectivity index (χ2n) is 10.7. The number of hydrogen-bond acceptors (Lipinski definition) is 4. The summed E-state index contributed by atoms with van der Waals surface area (Å²) in [5.74, 6) is -1.83. The minimum atomic E-state index is -0.619. The molecule has 2 aliphatic heterocycles. The number of benzene rings is 2. The highest BCUT2D eigenvalue weighted by atomic mass is 35.5. The number of nitrogens with one attached hydrogen (secondary N) is 2. The Kier molecular flexibility index (Phi) is 8.99. The molecule has 0 atom stereocenters. The topological polar surface area (TPSA) is 92.3 Å².